The molecule has 0 aliphatic carbocycles. The van der Waals surface area contributed by atoms with Gasteiger partial charge in [-0.1, -0.05) is 36.4 Å². The number of pyridine rings is 2. The zero-order valence-corrected chi connectivity index (χ0v) is 15.4. The minimum Gasteiger partial charge on any atom is -0.439 e. The summed E-state index contributed by atoms with van der Waals surface area (Å²) in [6, 6.07) is 21.2. The molecule has 4 aromatic rings. The van der Waals surface area contributed by atoms with Crippen LogP contribution in [0.3, 0.4) is 0 Å². The van der Waals surface area contributed by atoms with Crippen molar-refractivity contribution in [3.05, 3.63) is 102 Å². The average molecular weight is 366 g/mol. The third kappa shape index (κ3) is 3.96. The highest BCUT2D eigenvalue weighted by molar-refractivity contribution is 6.10. The minimum absolute atomic E-state index is 0.0754. The molecule has 4 heteroatoms. The first-order chi connectivity index (χ1) is 13.7. The fraction of sp³-hybridized carbons (Fsp3) is 0.0417. The summed E-state index contributed by atoms with van der Waals surface area (Å²) in [6.07, 6.45) is 6.77. The highest BCUT2D eigenvalue weighted by Crippen LogP contribution is 2.25. The van der Waals surface area contributed by atoms with Gasteiger partial charge in [0.2, 0.25) is 5.88 Å². The number of hydrogen-bond donors (Lipinski definition) is 0. The Balaban J connectivity index is 1.50. The third-order valence-electron chi connectivity index (χ3n) is 4.37. The van der Waals surface area contributed by atoms with Crippen LogP contribution in [0.4, 0.5) is 0 Å². The second-order valence-electron chi connectivity index (χ2n) is 6.44. The van der Waals surface area contributed by atoms with Crippen molar-refractivity contribution in [3.63, 3.8) is 0 Å². The lowest BCUT2D eigenvalue weighted by Gasteiger charge is -2.07. The molecule has 0 amide bonds. The lowest BCUT2D eigenvalue weighted by atomic mass is 10.0. The minimum atomic E-state index is -0.0754. The molecule has 0 aliphatic rings. The standard InChI is InChI=1S/C24H18N2O2/c1-17(13-18-5-4-12-25-15-18)24(27)21-9-11-23(26-16-21)28-22-10-8-19-6-2-3-7-20(19)14-22/h2-16H,1H3/b17-13+. The van der Waals surface area contributed by atoms with Gasteiger partial charge >= 0.3 is 0 Å². The van der Waals surface area contributed by atoms with Gasteiger partial charge in [0.25, 0.3) is 0 Å². The Morgan fingerprint density at radius 2 is 1.79 bits per heavy atom. The number of hydrogen-bond acceptors (Lipinski definition) is 4. The molecule has 2 heterocycles. The van der Waals surface area contributed by atoms with Crippen molar-refractivity contribution in [1.82, 2.24) is 9.97 Å². The molecule has 0 saturated heterocycles. The fourth-order valence-electron chi connectivity index (χ4n) is 2.93. The Kier molecular flexibility index (Phi) is 4.93. The van der Waals surface area contributed by atoms with E-state index in [1.807, 2.05) is 54.6 Å². The van der Waals surface area contributed by atoms with Gasteiger partial charge in [0.05, 0.1) is 0 Å². The monoisotopic (exact) mass is 366 g/mol. The van der Waals surface area contributed by atoms with Gasteiger partial charge in [0, 0.05) is 30.2 Å². The molecule has 2 aromatic heterocycles. The van der Waals surface area contributed by atoms with E-state index in [1.165, 1.54) is 0 Å². The second kappa shape index (κ2) is 7.84. The van der Waals surface area contributed by atoms with Crippen molar-refractivity contribution in [1.29, 1.82) is 0 Å². The molecule has 136 valence electrons. The first-order valence-electron chi connectivity index (χ1n) is 8.95. The largest absolute Gasteiger partial charge is 0.439 e. The van der Waals surface area contributed by atoms with Crippen molar-refractivity contribution < 1.29 is 9.53 Å². The zero-order valence-electron chi connectivity index (χ0n) is 15.4. The number of nitrogens with zero attached hydrogens (tertiary/aromatic N) is 2. The van der Waals surface area contributed by atoms with Crippen molar-refractivity contribution >= 4 is 22.6 Å². The molecule has 0 saturated carbocycles. The van der Waals surface area contributed by atoms with E-state index >= 15 is 0 Å². The number of aromatic nitrogens is 2. The second-order valence-corrected chi connectivity index (χ2v) is 6.44. The van der Waals surface area contributed by atoms with E-state index in [4.69, 9.17) is 4.74 Å². The Hall–Kier alpha value is -3.79. The molecule has 4 rings (SSSR count). The Bertz CT molecular complexity index is 1150. The average Bonchev–Trinajstić information content (AvgIpc) is 2.74. The summed E-state index contributed by atoms with van der Waals surface area (Å²) in [5.74, 6) is 1.08. The van der Waals surface area contributed by atoms with Crippen molar-refractivity contribution in [2.75, 3.05) is 0 Å². The maximum Gasteiger partial charge on any atom is 0.219 e. The molecular formula is C24H18N2O2. The summed E-state index contributed by atoms with van der Waals surface area (Å²) in [6.45, 7) is 1.79. The van der Waals surface area contributed by atoms with E-state index in [-0.39, 0.29) is 5.78 Å². The molecule has 4 nitrogen and oxygen atoms in total. The van der Waals surface area contributed by atoms with Gasteiger partial charge in [-0.3, -0.25) is 9.78 Å². The van der Waals surface area contributed by atoms with E-state index < -0.39 is 0 Å². The molecule has 0 bridgehead atoms. The maximum absolute atomic E-state index is 12.6. The summed E-state index contributed by atoms with van der Waals surface area (Å²) in [5.41, 5.74) is 2.03. The highest BCUT2D eigenvalue weighted by Gasteiger charge is 2.10. The summed E-state index contributed by atoms with van der Waals surface area (Å²) in [4.78, 5) is 20.9. The molecule has 0 spiro atoms. The van der Waals surface area contributed by atoms with E-state index in [0.717, 1.165) is 16.3 Å². The van der Waals surface area contributed by atoms with Crippen LogP contribution in [0, 0.1) is 0 Å². The Morgan fingerprint density at radius 3 is 2.54 bits per heavy atom. The van der Waals surface area contributed by atoms with Crippen LogP contribution in [0.15, 0.2) is 90.9 Å². The number of benzene rings is 2. The zero-order chi connectivity index (χ0) is 19.3. The van der Waals surface area contributed by atoms with Crippen LogP contribution in [0.2, 0.25) is 0 Å². The number of allylic oxidation sites excluding steroid dienone is 1. The number of carbonyl (C=O) groups excluding carboxylic acids is 1. The predicted molar refractivity (Wildman–Crippen MR) is 110 cm³/mol. The van der Waals surface area contributed by atoms with Crippen LogP contribution < -0.4 is 4.74 Å². The van der Waals surface area contributed by atoms with Crippen LogP contribution >= 0.6 is 0 Å². The quantitative estimate of drug-likeness (QED) is 0.335. The van der Waals surface area contributed by atoms with Crippen LogP contribution in [0.5, 0.6) is 11.6 Å². The van der Waals surface area contributed by atoms with E-state index in [1.54, 1.807) is 37.6 Å². The van der Waals surface area contributed by atoms with E-state index in [9.17, 15) is 4.79 Å². The van der Waals surface area contributed by atoms with Gasteiger partial charge in [-0.05, 0) is 59.2 Å². The van der Waals surface area contributed by atoms with Gasteiger partial charge in [0.1, 0.15) is 5.75 Å². The summed E-state index contributed by atoms with van der Waals surface area (Å²) in [7, 11) is 0. The van der Waals surface area contributed by atoms with Gasteiger partial charge in [-0.15, -0.1) is 0 Å². The number of fused-ring (bicyclic) bond motifs is 1. The number of carbonyl (C=O) groups is 1. The van der Waals surface area contributed by atoms with Gasteiger partial charge in [-0.2, -0.15) is 0 Å². The van der Waals surface area contributed by atoms with E-state index in [0.29, 0.717) is 22.8 Å². The summed E-state index contributed by atoms with van der Waals surface area (Å²) < 4.78 is 5.83. The molecule has 0 radical (unpaired) electrons. The van der Waals surface area contributed by atoms with Crippen LogP contribution in [-0.4, -0.2) is 15.8 Å². The topological polar surface area (TPSA) is 52.1 Å². The maximum atomic E-state index is 12.6. The van der Waals surface area contributed by atoms with Gasteiger partial charge in [-0.25, -0.2) is 4.98 Å². The predicted octanol–water partition coefficient (Wildman–Crippen LogP) is 5.71. The fourth-order valence-corrected chi connectivity index (χ4v) is 2.93. The SMILES string of the molecule is C/C(=C\c1cccnc1)C(=O)c1ccc(Oc2ccc3ccccc3c2)nc1. The molecule has 2 aromatic carbocycles. The van der Waals surface area contributed by atoms with Gasteiger partial charge in [0.15, 0.2) is 5.78 Å². The number of rotatable bonds is 5. The number of Topliss-reactive ketones (excluding diaryl/α,β-unsaturated/α-hetero) is 1. The smallest absolute Gasteiger partial charge is 0.219 e. The van der Waals surface area contributed by atoms with E-state index in [2.05, 4.69) is 16.0 Å². The highest BCUT2D eigenvalue weighted by atomic mass is 16.5. The summed E-state index contributed by atoms with van der Waals surface area (Å²) in [5, 5.41) is 2.25. The Labute approximate surface area is 163 Å². The Morgan fingerprint density at radius 1 is 0.929 bits per heavy atom. The molecule has 0 N–H and O–H groups in total. The first-order valence-corrected chi connectivity index (χ1v) is 8.95. The molecule has 0 unspecified atom stereocenters. The van der Waals surface area contributed by atoms with Crippen LogP contribution in [-0.2, 0) is 0 Å². The number of ketones is 1. The van der Waals surface area contributed by atoms with Crippen molar-refractivity contribution in [3.8, 4) is 11.6 Å². The lowest BCUT2D eigenvalue weighted by Crippen LogP contribution is -2.01. The molecule has 28 heavy (non-hydrogen) atoms. The first kappa shape index (κ1) is 17.6. The molecule has 0 atom stereocenters. The lowest BCUT2D eigenvalue weighted by molar-refractivity contribution is 0.103. The third-order valence-corrected chi connectivity index (χ3v) is 4.37. The van der Waals surface area contributed by atoms with Gasteiger partial charge < -0.3 is 4.74 Å². The summed E-state index contributed by atoms with van der Waals surface area (Å²) >= 11 is 0. The van der Waals surface area contributed by atoms with Crippen molar-refractivity contribution in [2.45, 2.75) is 6.92 Å². The molecular weight excluding hydrogens is 348 g/mol. The van der Waals surface area contributed by atoms with Crippen LogP contribution in [0.1, 0.15) is 22.8 Å². The normalized spacial score (nSPS) is 11.4. The van der Waals surface area contributed by atoms with Crippen molar-refractivity contribution in [2.24, 2.45) is 0 Å². The molecule has 0 aliphatic heterocycles. The molecule has 0 fully saturated rings. The van der Waals surface area contributed by atoms with Crippen LogP contribution in [0.25, 0.3) is 16.8 Å². The number of ether oxygens (including phenoxy) is 1.